The van der Waals surface area contributed by atoms with E-state index in [-0.39, 0.29) is 11.8 Å². The standard InChI is InChI=1S/C10H11F2NO/c1-13(2)10-6(8-5-14-8)3-4-7(11)9(10)12/h3-4,8H,5H2,1-2H3. The molecule has 1 aliphatic rings. The molecule has 1 fully saturated rings. The smallest absolute Gasteiger partial charge is 0.182 e. The molecular formula is C10H11F2NO. The van der Waals surface area contributed by atoms with Crippen LogP contribution in [0.1, 0.15) is 11.7 Å². The minimum Gasteiger partial charge on any atom is -0.375 e. The normalized spacial score (nSPS) is 19.6. The zero-order chi connectivity index (χ0) is 10.3. The highest BCUT2D eigenvalue weighted by atomic mass is 19.2. The van der Waals surface area contributed by atoms with Gasteiger partial charge in [-0.3, -0.25) is 0 Å². The number of hydrogen-bond donors (Lipinski definition) is 0. The third-order valence-electron chi connectivity index (χ3n) is 2.23. The number of halogens is 2. The van der Waals surface area contributed by atoms with Crippen molar-refractivity contribution in [3.63, 3.8) is 0 Å². The lowest BCUT2D eigenvalue weighted by Crippen LogP contribution is -2.14. The quantitative estimate of drug-likeness (QED) is 0.678. The highest BCUT2D eigenvalue weighted by Crippen LogP contribution is 2.38. The van der Waals surface area contributed by atoms with Crippen molar-refractivity contribution >= 4 is 5.69 Å². The Hall–Kier alpha value is -1.16. The number of benzene rings is 1. The number of anilines is 1. The Morgan fingerprint density at radius 1 is 1.36 bits per heavy atom. The summed E-state index contributed by atoms with van der Waals surface area (Å²) in [4.78, 5) is 1.56. The predicted octanol–water partition coefficient (Wildman–Crippen LogP) is 2.10. The molecule has 1 heterocycles. The molecule has 1 unspecified atom stereocenters. The van der Waals surface area contributed by atoms with Gasteiger partial charge in [0.2, 0.25) is 0 Å². The number of epoxide rings is 1. The third kappa shape index (κ3) is 1.46. The van der Waals surface area contributed by atoms with Gasteiger partial charge < -0.3 is 9.64 Å². The Morgan fingerprint density at radius 3 is 2.50 bits per heavy atom. The molecule has 4 heteroatoms. The summed E-state index contributed by atoms with van der Waals surface area (Å²) >= 11 is 0. The van der Waals surface area contributed by atoms with Gasteiger partial charge in [-0.05, 0) is 6.07 Å². The first-order valence-electron chi connectivity index (χ1n) is 4.38. The molecule has 0 aromatic heterocycles. The van der Waals surface area contributed by atoms with Crippen LogP contribution >= 0.6 is 0 Å². The molecule has 2 nitrogen and oxygen atoms in total. The topological polar surface area (TPSA) is 15.8 Å². The van der Waals surface area contributed by atoms with Crippen LogP contribution in [0.3, 0.4) is 0 Å². The molecule has 0 aliphatic carbocycles. The molecule has 1 aromatic carbocycles. The largest absolute Gasteiger partial charge is 0.375 e. The van der Waals surface area contributed by atoms with Crippen LogP contribution in [-0.4, -0.2) is 20.7 Å². The first-order chi connectivity index (χ1) is 6.61. The molecule has 1 atom stereocenters. The summed E-state index contributed by atoms with van der Waals surface area (Å²) in [5.74, 6) is -1.62. The van der Waals surface area contributed by atoms with E-state index in [0.717, 1.165) is 6.07 Å². The fraction of sp³-hybridized carbons (Fsp3) is 0.400. The van der Waals surface area contributed by atoms with E-state index in [1.807, 2.05) is 0 Å². The van der Waals surface area contributed by atoms with Gasteiger partial charge >= 0.3 is 0 Å². The minimum atomic E-state index is -0.821. The van der Waals surface area contributed by atoms with E-state index in [1.165, 1.54) is 0 Å². The van der Waals surface area contributed by atoms with Gasteiger partial charge in [0.15, 0.2) is 11.6 Å². The summed E-state index contributed by atoms with van der Waals surface area (Å²) in [7, 11) is 3.37. The van der Waals surface area contributed by atoms with Gasteiger partial charge in [0.1, 0.15) is 6.10 Å². The van der Waals surface area contributed by atoms with Gasteiger partial charge in [0.05, 0.1) is 12.3 Å². The van der Waals surface area contributed by atoms with Crippen LogP contribution < -0.4 is 4.90 Å². The van der Waals surface area contributed by atoms with Gasteiger partial charge in [-0.15, -0.1) is 0 Å². The van der Waals surface area contributed by atoms with Gasteiger partial charge in [-0.2, -0.15) is 0 Å². The predicted molar refractivity (Wildman–Crippen MR) is 49.4 cm³/mol. The number of ether oxygens (including phenoxy) is 1. The van der Waals surface area contributed by atoms with E-state index in [1.54, 1.807) is 25.1 Å². The first kappa shape index (κ1) is 9.40. The van der Waals surface area contributed by atoms with Gasteiger partial charge in [-0.25, -0.2) is 8.78 Å². The van der Waals surface area contributed by atoms with Crippen molar-refractivity contribution < 1.29 is 13.5 Å². The summed E-state index contributed by atoms with van der Waals surface area (Å²) in [6, 6.07) is 2.71. The van der Waals surface area contributed by atoms with Crippen LogP contribution in [0.5, 0.6) is 0 Å². The molecule has 0 saturated carbocycles. The zero-order valence-corrected chi connectivity index (χ0v) is 8.05. The lowest BCUT2D eigenvalue weighted by atomic mass is 10.1. The molecule has 2 rings (SSSR count). The Balaban J connectivity index is 2.53. The first-order valence-corrected chi connectivity index (χ1v) is 4.38. The van der Waals surface area contributed by atoms with Crippen molar-refractivity contribution in [1.29, 1.82) is 0 Å². The van der Waals surface area contributed by atoms with E-state index >= 15 is 0 Å². The SMILES string of the molecule is CN(C)c1c(C2CO2)ccc(F)c1F. The minimum absolute atomic E-state index is 0.0671. The molecule has 76 valence electrons. The summed E-state index contributed by atoms with van der Waals surface area (Å²) in [5, 5.41) is 0. The Morgan fingerprint density at radius 2 is 2.00 bits per heavy atom. The highest BCUT2D eigenvalue weighted by Gasteiger charge is 2.30. The van der Waals surface area contributed by atoms with Gasteiger partial charge in [-0.1, -0.05) is 6.07 Å². The van der Waals surface area contributed by atoms with E-state index < -0.39 is 11.6 Å². The lowest BCUT2D eigenvalue weighted by molar-refractivity contribution is 0.413. The summed E-state index contributed by atoms with van der Waals surface area (Å²) in [6.07, 6.45) is -0.0671. The average Bonchev–Trinajstić information content (AvgIpc) is 2.91. The van der Waals surface area contributed by atoms with Crippen LogP contribution in [0, 0.1) is 11.6 Å². The fourth-order valence-corrected chi connectivity index (χ4v) is 1.50. The zero-order valence-electron chi connectivity index (χ0n) is 8.05. The Bertz CT molecular complexity index is 361. The van der Waals surface area contributed by atoms with Crippen LogP contribution in [0.2, 0.25) is 0 Å². The summed E-state index contributed by atoms with van der Waals surface area (Å²) in [5.41, 5.74) is 1.00. The maximum Gasteiger partial charge on any atom is 0.182 e. The Kier molecular flexibility index (Phi) is 2.15. The lowest BCUT2D eigenvalue weighted by Gasteiger charge is -2.17. The van der Waals surface area contributed by atoms with Gasteiger partial charge in [0, 0.05) is 19.7 Å². The monoisotopic (exact) mass is 199 g/mol. The van der Waals surface area contributed by atoms with E-state index in [4.69, 9.17) is 4.74 Å². The van der Waals surface area contributed by atoms with E-state index in [0.29, 0.717) is 12.2 Å². The molecule has 0 spiro atoms. The maximum absolute atomic E-state index is 13.4. The van der Waals surface area contributed by atoms with Crippen LogP contribution in [0.25, 0.3) is 0 Å². The second kappa shape index (κ2) is 3.20. The average molecular weight is 199 g/mol. The summed E-state index contributed by atoms with van der Waals surface area (Å²) in [6.45, 7) is 0.589. The van der Waals surface area contributed by atoms with Crippen molar-refractivity contribution in [2.24, 2.45) is 0 Å². The van der Waals surface area contributed by atoms with Crippen molar-refractivity contribution in [2.45, 2.75) is 6.10 Å². The third-order valence-corrected chi connectivity index (χ3v) is 2.23. The van der Waals surface area contributed by atoms with Crippen molar-refractivity contribution in [1.82, 2.24) is 0 Å². The molecule has 0 bridgehead atoms. The van der Waals surface area contributed by atoms with E-state index in [2.05, 4.69) is 0 Å². The summed E-state index contributed by atoms with van der Waals surface area (Å²) < 4.78 is 31.5. The number of nitrogens with zero attached hydrogens (tertiary/aromatic N) is 1. The van der Waals surface area contributed by atoms with Crippen molar-refractivity contribution in [3.05, 3.63) is 29.3 Å². The number of rotatable bonds is 2. The van der Waals surface area contributed by atoms with E-state index in [9.17, 15) is 8.78 Å². The van der Waals surface area contributed by atoms with Crippen LogP contribution in [0.4, 0.5) is 14.5 Å². The van der Waals surface area contributed by atoms with Crippen LogP contribution in [-0.2, 0) is 4.74 Å². The second-order valence-electron chi connectivity index (χ2n) is 3.52. The van der Waals surface area contributed by atoms with Gasteiger partial charge in [0.25, 0.3) is 0 Å². The molecule has 0 N–H and O–H groups in total. The molecular weight excluding hydrogens is 188 g/mol. The number of hydrogen-bond acceptors (Lipinski definition) is 2. The highest BCUT2D eigenvalue weighted by molar-refractivity contribution is 5.56. The molecule has 14 heavy (non-hydrogen) atoms. The second-order valence-corrected chi connectivity index (χ2v) is 3.52. The van der Waals surface area contributed by atoms with Crippen LogP contribution in [0.15, 0.2) is 12.1 Å². The molecule has 0 amide bonds. The molecule has 1 aromatic rings. The van der Waals surface area contributed by atoms with Crippen molar-refractivity contribution in [3.8, 4) is 0 Å². The van der Waals surface area contributed by atoms with Crippen molar-refractivity contribution in [2.75, 3.05) is 25.6 Å². The molecule has 1 aliphatic heterocycles. The Labute approximate surface area is 81.1 Å². The fourth-order valence-electron chi connectivity index (χ4n) is 1.50. The molecule has 1 saturated heterocycles. The molecule has 0 radical (unpaired) electrons. The maximum atomic E-state index is 13.4.